The van der Waals surface area contributed by atoms with Gasteiger partial charge in [-0.25, -0.2) is 4.79 Å². The minimum absolute atomic E-state index is 0.152. The zero-order valence-electron chi connectivity index (χ0n) is 18.3. The Morgan fingerprint density at radius 3 is 2.42 bits per heavy atom. The molecule has 0 aliphatic carbocycles. The lowest BCUT2D eigenvalue weighted by atomic mass is 10.2. The maximum Gasteiger partial charge on any atom is 0.328 e. The first kappa shape index (κ1) is 22.4. The molecule has 10 heteroatoms. The molecule has 9 nitrogen and oxygen atoms in total. The van der Waals surface area contributed by atoms with Crippen molar-refractivity contribution in [3.05, 3.63) is 63.4 Å². The van der Waals surface area contributed by atoms with Crippen LogP contribution in [0.5, 0.6) is 5.75 Å². The molecule has 0 bridgehead atoms. The summed E-state index contributed by atoms with van der Waals surface area (Å²) in [6.45, 7) is 2.03. The SMILES string of the molecule is CCOc1ccc(NC(=O)CN2C(=O)S/C(=C/c3ccc4c(c3)n(C)c(=O)n4C)C2=O)cc1. The van der Waals surface area contributed by atoms with Crippen LogP contribution in [0.25, 0.3) is 17.1 Å². The summed E-state index contributed by atoms with van der Waals surface area (Å²) in [4.78, 5) is 50.8. The van der Waals surface area contributed by atoms with Gasteiger partial charge in [0.15, 0.2) is 0 Å². The van der Waals surface area contributed by atoms with Crippen LogP contribution in [0, 0.1) is 0 Å². The molecule has 1 N–H and O–H groups in total. The molecule has 1 saturated heterocycles. The number of carbonyl (C=O) groups is 3. The van der Waals surface area contributed by atoms with Crippen molar-refractivity contribution in [2.24, 2.45) is 14.1 Å². The van der Waals surface area contributed by atoms with E-state index >= 15 is 0 Å². The van der Waals surface area contributed by atoms with Crippen LogP contribution in [-0.4, -0.2) is 44.2 Å². The second-order valence-electron chi connectivity index (χ2n) is 7.42. The summed E-state index contributed by atoms with van der Waals surface area (Å²) in [6, 6.07) is 12.2. The molecule has 1 fully saturated rings. The molecule has 170 valence electrons. The number of aromatic nitrogens is 2. The number of imidazole rings is 1. The molecule has 3 aromatic rings. The van der Waals surface area contributed by atoms with Gasteiger partial charge >= 0.3 is 5.69 Å². The fraction of sp³-hybridized carbons (Fsp3) is 0.217. The largest absolute Gasteiger partial charge is 0.494 e. The van der Waals surface area contributed by atoms with Gasteiger partial charge in [0.2, 0.25) is 5.91 Å². The lowest BCUT2D eigenvalue weighted by Crippen LogP contribution is -2.36. The molecule has 4 rings (SSSR count). The first-order valence-electron chi connectivity index (χ1n) is 10.2. The number of imide groups is 1. The summed E-state index contributed by atoms with van der Waals surface area (Å²) in [7, 11) is 3.36. The van der Waals surface area contributed by atoms with Gasteiger partial charge in [-0.2, -0.15) is 0 Å². The monoisotopic (exact) mass is 466 g/mol. The number of amides is 3. The van der Waals surface area contributed by atoms with Gasteiger partial charge in [-0.15, -0.1) is 0 Å². The fourth-order valence-electron chi connectivity index (χ4n) is 3.55. The van der Waals surface area contributed by atoms with Crippen molar-refractivity contribution >= 4 is 51.6 Å². The second-order valence-corrected chi connectivity index (χ2v) is 8.42. The molecule has 0 saturated carbocycles. The number of hydrogen-bond donors (Lipinski definition) is 1. The highest BCUT2D eigenvalue weighted by Crippen LogP contribution is 2.32. The first-order chi connectivity index (χ1) is 15.8. The quantitative estimate of drug-likeness (QED) is 0.561. The summed E-state index contributed by atoms with van der Waals surface area (Å²) in [5, 5.41) is 2.16. The molecular formula is C23H22N4O5S. The Bertz CT molecular complexity index is 1350. The van der Waals surface area contributed by atoms with Crippen LogP contribution < -0.4 is 15.7 Å². The standard InChI is InChI=1S/C23H22N4O5S/c1-4-32-16-8-6-15(7-9-16)24-20(28)13-27-21(29)19(33-23(27)31)12-14-5-10-17-18(11-14)26(3)22(30)25(17)2/h5-12H,4,13H2,1-3H3,(H,24,28)/b19-12+. The highest BCUT2D eigenvalue weighted by Gasteiger charge is 2.36. The number of thioether (sulfide) groups is 1. The second kappa shape index (κ2) is 8.99. The Kier molecular flexibility index (Phi) is 6.10. The fourth-order valence-corrected chi connectivity index (χ4v) is 4.38. The number of benzene rings is 2. The van der Waals surface area contributed by atoms with E-state index in [9.17, 15) is 19.2 Å². The zero-order chi connectivity index (χ0) is 23.7. The van der Waals surface area contributed by atoms with E-state index in [2.05, 4.69) is 5.32 Å². The molecule has 0 radical (unpaired) electrons. The van der Waals surface area contributed by atoms with Gasteiger partial charge in [0.1, 0.15) is 12.3 Å². The van der Waals surface area contributed by atoms with Crippen LogP contribution in [0.4, 0.5) is 10.5 Å². The van der Waals surface area contributed by atoms with Gasteiger partial charge in [0.05, 0.1) is 22.5 Å². The molecule has 1 aromatic heterocycles. The number of hydrogen-bond acceptors (Lipinski definition) is 6. The van der Waals surface area contributed by atoms with Crippen molar-refractivity contribution in [3.8, 4) is 5.75 Å². The highest BCUT2D eigenvalue weighted by molar-refractivity contribution is 8.18. The highest BCUT2D eigenvalue weighted by atomic mass is 32.2. The summed E-state index contributed by atoms with van der Waals surface area (Å²) in [5.41, 5.74) is 2.53. The molecule has 1 aliphatic heterocycles. The van der Waals surface area contributed by atoms with Crippen molar-refractivity contribution in [1.29, 1.82) is 0 Å². The van der Waals surface area contributed by atoms with Crippen LogP contribution in [0.1, 0.15) is 12.5 Å². The number of nitrogens with zero attached hydrogens (tertiary/aromatic N) is 3. The van der Waals surface area contributed by atoms with E-state index in [0.717, 1.165) is 22.2 Å². The van der Waals surface area contributed by atoms with Crippen molar-refractivity contribution in [2.45, 2.75) is 6.92 Å². The lowest BCUT2D eigenvalue weighted by Gasteiger charge is -2.12. The molecule has 0 atom stereocenters. The van der Waals surface area contributed by atoms with Crippen molar-refractivity contribution < 1.29 is 19.1 Å². The van der Waals surface area contributed by atoms with Gasteiger partial charge in [0.25, 0.3) is 11.1 Å². The first-order valence-corrected chi connectivity index (χ1v) is 11.0. The van der Waals surface area contributed by atoms with Gasteiger partial charge in [0, 0.05) is 19.8 Å². The number of carbonyl (C=O) groups excluding carboxylic acids is 3. The Hall–Kier alpha value is -3.79. The molecule has 2 heterocycles. The molecule has 0 unspecified atom stereocenters. The Labute approximate surface area is 193 Å². The number of ether oxygens (including phenoxy) is 1. The predicted molar refractivity (Wildman–Crippen MR) is 127 cm³/mol. The Morgan fingerprint density at radius 2 is 1.73 bits per heavy atom. The van der Waals surface area contributed by atoms with E-state index in [-0.39, 0.29) is 17.1 Å². The molecule has 1 aliphatic rings. The number of aryl methyl sites for hydroxylation is 2. The predicted octanol–water partition coefficient (Wildman–Crippen LogP) is 2.95. The minimum atomic E-state index is -0.533. The third kappa shape index (κ3) is 4.42. The number of fused-ring (bicyclic) bond motifs is 1. The van der Waals surface area contributed by atoms with E-state index in [4.69, 9.17) is 4.74 Å². The third-order valence-corrected chi connectivity index (χ3v) is 6.13. The van der Waals surface area contributed by atoms with Crippen LogP contribution in [0.15, 0.2) is 52.2 Å². The van der Waals surface area contributed by atoms with Gasteiger partial charge in [-0.1, -0.05) is 6.07 Å². The maximum atomic E-state index is 12.8. The minimum Gasteiger partial charge on any atom is -0.494 e. The zero-order valence-corrected chi connectivity index (χ0v) is 19.1. The van der Waals surface area contributed by atoms with Crippen LogP contribution in [0.2, 0.25) is 0 Å². The smallest absolute Gasteiger partial charge is 0.328 e. The summed E-state index contributed by atoms with van der Waals surface area (Å²) < 4.78 is 8.42. The van der Waals surface area contributed by atoms with E-state index in [1.165, 1.54) is 9.13 Å². The van der Waals surface area contributed by atoms with E-state index in [1.807, 2.05) is 6.92 Å². The van der Waals surface area contributed by atoms with E-state index < -0.39 is 17.1 Å². The number of rotatable bonds is 6. The molecule has 0 spiro atoms. The topological polar surface area (TPSA) is 103 Å². The van der Waals surface area contributed by atoms with E-state index in [1.54, 1.807) is 62.6 Å². The van der Waals surface area contributed by atoms with Gasteiger partial charge in [-0.05, 0) is 66.7 Å². The van der Waals surface area contributed by atoms with Crippen LogP contribution in [0.3, 0.4) is 0 Å². The van der Waals surface area contributed by atoms with Crippen molar-refractivity contribution in [3.63, 3.8) is 0 Å². The van der Waals surface area contributed by atoms with Crippen molar-refractivity contribution in [1.82, 2.24) is 14.0 Å². The molecule has 2 aromatic carbocycles. The van der Waals surface area contributed by atoms with Gasteiger partial charge < -0.3 is 10.1 Å². The number of anilines is 1. The summed E-state index contributed by atoms with van der Waals surface area (Å²) in [6.07, 6.45) is 1.59. The van der Waals surface area contributed by atoms with Crippen LogP contribution >= 0.6 is 11.8 Å². The van der Waals surface area contributed by atoms with Crippen LogP contribution in [-0.2, 0) is 23.7 Å². The molecule has 3 amide bonds. The third-order valence-electron chi connectivity index (χ3n) is 5.22. The average Bonchev–Trinajstić information content (AvgIpc) is 3.17. The summed E-state index contributed by atoms with van der Waals surface area (Å²) >= 11 is 0.779. The Balaban J connectivity index is 1.47. The van der Waals surface area contributed by atoms with Gasteiger partial charge in [-0.3, -0.25) is 28.4 Å². The van der Waals surface area contributed by atoms with E-state index in [0.29, 0.717) is 29.1 Å². The lowest BCUT2D eigenvalue weighted by molar-refractivity contribution is -0.127. The van der Waals surface area contributed by atoms with Crippen molar-refractivity contribution in [2.75, 3.05) is 18.5 Å². The molecule has 33 heavy (non-hydrogen) atoms. The number of nitrogens with one attached hydrogen (secondary N) is 1. The normalized spacial score (nSPS) is 15.0. The summed E-state index contributed by atoms with van der Waals surface area (Å²) in [5.74, 6) is -0.336. The maximum absolute atomic E-state index is 12.8. The average molecular weight is 467 g/mol. The Morgan fingerprint density at radius 1 is 1.03 bits per heavy atom. The molecular weight excluding hydrogens is 444 g/mol.